The standard InChI is InChI=1S/C11H18O4/c1-4-7-8-9(10(12)14-5-2)11(13)15-6-3/h4,7,9H,5-6,8H2,1-3H3. The molecule has 0 aliphatic rings. The van der Waals surface area contributed by atoms with Crippen LogP contribution in [-0.2, 0) is 19.1 Å². The molecule has 0 aromatic carbocycles. The Labute approximate surface area is 90.2 Å². The largest absolute Gasteiger partial charge is 0.465 e. The number of allylic oxidation sites excluding steroid dienone is 2. The van der Waals surface area contributed by atoms with Crippen molar-refractivity contribution in [3.8, 4) is 0 Å². The highest BCUT2D eigenvalue weighted by molar-refractivity contribution is 5.95. The van der Waals surface area contributed by atoms with Crippen LogP contribution < -0.4 is 0 Å². The van der Waals surface area contributed by atoms with E-state index in [-0.39, 0.29) is 13.2 Å². The minimum Gasteiger partial charge on any atom is -0.465 e. The average molecular weight is 214 g/mol. The van der Waals surface area contributed by atoms with Crippen LogP contribution in [0.2, 0.25) is 0 Å². The molecular formula is C11H18O4. The van der Waals surface area contributed by atoms with Gasteiger partial charge in [-0.2, -0.15) is 0 Å². The van der Waals surface area contributed by atoms with Crippen LogP contribution in [0.4, 0.5) is 0 Å². The lowest BCUT2D eigenvalue weighted by Crippen LogP contribution is -2.27. The van der Waals surface area contributed by atoms with Gasteiger partial charge < -0.3 is 9.47 Å². The number of hydrogen-bond acceptors (Lipinski definition) is 4. The van der Waals surface area contributed by atoms with Gasteiger partial charge in [0.2, 0.25) is 0 Å². The lowest BCUT2D eigenvalue weighted by molar-refractivity contribution is -0.161. The summed E-state index contributed by atoms with van der Waals surface area (Å²) in [5.41, 5.74) is 0. The van der Waals surface area contributed by atoms with Crippen LogP contribution in [0, 0.1) is 5.92 Å². The number of ether oxygens (including phenoxy) is 2. The number of carbonyl (C=O) groups is 2. The third-order valence-corrected chi connectivity index (χ3v) is 1.75. The molecule has 0 saturated carbocycles. The molecule has 0 spiro atoms. The van der Waals surface area contributed by atoms with E-state index >= 15 is 0 Å². The van der Waals surface area contributed by atoms with E-state index in [9.17, 15) is 9.59 Å². The Morgan fingerprint density at radius 1 is 1.13 bits per heavy atom. The Balaban J connectivity index is 4.41. The fraction of sp³-hybridized carbons (Fsp3) is 0.636. The third-order valence-electron chi connectivity index (χ3n) is 1.75. The van der Waals surface area contributed by atoms with Crippen LogP contribution in [0.1, 0.15) is 27.2 Å². The Morgan fingerprint density at radius 3 is 1.93 bits per heavy atom. The summed E-state index contributed by atoms with van der Waals surface area (Å²) >= 11 is 0. The molecule has 0 aliphatic heterocycles. The number of carbonyl (C=O) groups excluding carboxylic acids is 2. The molecule has 86 valence electrons. The van der Waals surface area contributed by atoms with E-state index in [2.05, 4.69) is 0 Å². The number of esters is 2. The van der Waals surface area contributed by atoms with Gasteiger partial charge in [0.05, 0.1) is 13.2 Å². The van der Waals surface area contributed by atoms with Crippen molar-refractivity contribution in [3.05, 3.63) is 12.2 Å². The van der Waals surface area contributed by atoms with E-state index in [1.165, 1.54) is 0 Å². The highest BCUT2D eigenvalue weighted by atomic mass is 16.6. The molecule has 0 amide bonds. The smallest absolute Gasteiger partial charge is 0.320 e. The van der Waals surface area contributed by atoms with E-state index in [1.54, 1.807) is 26.0 Å². The molecule has 0 aliphatic carbocycles. The second-order valence-corrected chi connectivity index (χ2v) is 2.86. The fourth-order valence-corrected chi connectivity index (χ4v) is 1.05. The molecule has 0 aromatic rings. The summed E-state index contributed by atoms with van der Waals surface area (Å²) in [5, 5.41) is 0. The molecule has 15 heavy (non-hydrogen) atoms. The lowest BCUT2D eigenvalue weighted by atomic mass is 10.1. The predicted molar refractivity (Wildman–Crippen MR) is 56.2 cm³/mol. The van der Waals surface area contributed by atoms with E-state index in [4.69, 9.17) is 9.47 Å². The van der Waals surface area contributed by atoms with Crippen LogP contribution in [0.25, 0.3) is 0 Å². The third kappa shape index (κ3) is 5.20. The summed E-state index contributed by atoms with van der Waals surface area (Å²) in [7, 11) is 0. The van der Waals surface area contributed by atoms with Crippen molar-refractivity contribution in [2.24, 2.45) is 5.92 Å². The monoisotopic (exact) mass is 214 g/mol. The SMILES string of the molecule is CC=CCC(C(=O)OCC)C(=O)OCC. The zero-order chi connectivity index (χ0) is 11.7. The van der Waals surface area contributed by atoms with Crippen LogP contribution >= 0.6 is 0 Å². The Morgan fingerprint density at radius 2 is 1.60 bits per heavy atom. The molecule has 0 radical (unpaired) electrons. The normalized spacial score (nSPS) is 10.7. The van der Waals surface area contributed by atoms with Crippen LogP contribution in [-0.4, -0.2) is 25.2 Å². The van der Waals surface area contributed by atoms with Crippen molar-refractivity contribution < 1.29 is 19.1 Å². The number of rotatable bonds is 6. The van der Waals surface area contributed by atoms with E-state index in [1.807, 2.05) is 6.92 Å². The highest BCUT2D eigenvalue weighted by Gasteiger charge is 2.27. The molecule has 0 bridgehead atoms. The first-order valence-electron chi connectivity index (χ1n) is 5.11. The Bertz CT molecular complexity index is 215. The number of hydrogen-bond donors (Lipinski definition) is 0. The fourth-order valence-electron chi connectivity index (χ4n) is 1.05. The first kappa shape index (κ1) is 13.7. The van der Waals surface area contributed by atoms with Crippen LogP contribution in [0.3, 0.4) is 0 Å². The first-order chi connectivity index (χ1) is 7.17. The Kier molecular flexibility index (Phi) is 7.32. The molecular weight excluding hydrogens is 196 g/mol. The summed E-state index contributed by atoms with van der Waals surface area (Å²) < 4.78 is 9.59. The van der Waals surface area contributed by atoms with Crippen molar-refractivity contribution in [2.45, 2.75) is 27.2 Å². The lowest BCUT2D eigenvalue weighted by Gasteiger charge is -2.12. The van der Waals surface area contributed by atoms with Gasteiger partial charge in [0.1, 0.15) is 0 Å². The van der Waals surface area contributed by atoms with Gasteiger partial charge >= 0.3 is 11.9 Å². The molecule has 4 nitrogen and oxygen atoms in total. The summed E-state index contributed by atoms with van der Waals surface area (Å²) in [6, 6.07) is 0. The zero-order valence-electron chi connectivity index (χ0n) is 9.49. The summed E-state index contributed by atoms with van der Waals surface area (Å²) in [5.74, 6) is -1.87. The van der Waals surface area contributed by atoms with Gasteiger partial charge in [-0.15, -0.1) is 0 Å². The van der Waals surface area contributed by atoms with Crippen molar-refractivity contribution in [1.82, 2.24) is 0 Å². The van der Waals surface area contributed by atoms with E-state index < -0.39 is 17.9 Å². The second kappa shape index (κ2) is 8.03. The quantitative estimate of drug-likeness (QED) is 0.383. The Hall–Kier alpha value is -1.32. The van der Waals surface area contributed by atoms with E-state index in [0.29, 0.717) is 6.42 Å². The van der Waals surface area contributed by atoms with Gasteiger partial charge in [-0.1, -0.05) is 12.2 Å². The van der Waals surface area contributed by atoms with Crippen molar-refractivity contribution in [2.75, 3.05) is 13.2 Å². The summed E-state index contributed by atoms with van der Waals surface area (Å²) in [6.45, 7) is 5.77. The van der Waals surface area contributed by atoms with E-state index in [0.717, 1.165) is 0 Å². The van der Waals surface area contributed by atoms with Crippen LogP contribution in [0.5, 0.6) is 0 Å². The predicted octanol–water partition coefficient (Wildman–Crippen LogP) is 1.70. The molecule has 4 heteroatoms. The maximum Gasteiger partial charge on any atom is 0.320 e. The van der Waals surface area contributed by atoms with Gasteiger partial charge in [-0.25, -0.2) is 0 Å². The van der Waals surface area contributed by atoms with Crippen LogP contribution in [0.15, 0.2) is 12.2 Å². The van der Waals surface area contributed by atoms with Gasteiger partial charge in [0.25, 0.3) is 0 Å². The van der Waals surface area contributed by atoms with Gasteiger partial charge in [0.15, 0.2) is 5.92 Å². The molecule has 0 atom stereocenters. The molecule has 0 fully saturated rings. The second-order valence-electron chi connectivity index (χ2n) is 2.86. The van der Waals surface area contributed by atoms with Crippen molar-refractivity contribution in [1.29, 1.82) is 0 Å². The molecule has 0 saturated heterocycles. The van der Waals surface area contributed by atoms with Gasteiger partial charge in [-0.3, -0.25) is 9.59 Å². The minimum atomic E-state index is -0.832. The van der Waals surface area contributed by atoms with Gasteiger partial charge in [0, 0.05) is 0 Å². The molecule has 0 unspecified atom stereocenters. The minimum absolute atomic E-state index is 0.268. The molecule has 0 N–H and O–H groups in total. The van der Waals surface area contributed by atoms with Crippen molar-refractivity contribution in [3.63, 3.8) is 0 Å². The molecule has 0 heterocycles. The first-order valence-corrected chi connectivity index (χ1v) is 5.11. The summed E-state index contributed by atoms with van der Waals surface area (Å²) in [6.07, 6.45) is 3.86. The zero-order valence-corrected chi connectivity index (χ0v) is 9.49. The topological polar surface area (TPSA) is 52.6 Å². The summed E-state index contributed by atoms with van der Waals surface area (Å²) in [4.78, 5) is 22.8. The maximum atomic E-state index is 11.4. The van der Waals surface area contributed by atoms with Crippen molar-refractivity contribution >= 4 is 11.9 Å². The molecule has 0 rings (SSSR count). The molecule has 0 aromatic heterocycles. The average Bonchev–Trinajstić information content (AvgIpc) is 2.19. The highest BCUT2D eigenvalue weighted by Crippen LogP contribution is 2.09. The maximum absolute atomic E-state index is 11.4. The van der Waals surface area contributed by atoms with Gasteiger partial charge in [-0.05, 0) is 27.2 Å².